The molecule has 0 saturated heterocycles. The fraction of sp³-hybridized carbons (Fsp3) is 0. The van der Waals surface area contributed by atoms with Crippen LogP contribution < -0.4 is 5.32 Å². The minimum Gasteiger partial charge on any atom is -0.298 e. The molecule has 0 atom stereocenters. The van der Waals surface area contributed by atoms with Gasteiger partial charge in [0, 0.05) is 17.7 Å². The number of thiazole rings is 1. The van der Waals surface area contributed by atoms with E-state index in [1.807, 2.05) is 23.6 Å². The molecule has 0 spiro atoms. The molecule has 0 bridgehead atoms. The van der Waals surface area contributed by atoms with Crippen LogP contribution in [0.25, 0.3) is 17.5 Å². The minimum atomic E-state index is -0.340. The molecule has 1 aromatic carbocycles. The third-order valence-corrected chi connectivity index (χ3v) is 3.70. The predicted octanol–water partition coefficient (Wildman–Crippen LogP) is 4.00. The third kappa shape index (κ3) is 4.08. The van der Waals surface area contributed by atoms with Crippen LogP contribution in [0.15, 0.2) is 60.1 Å². The molecular weight excluding hydrogens is 313 g/mol. The van der Waals surface area contributed by atoms with Crippen molar-refractivity contribution >= 4 is 28.5 Å². The molecular formula is C17H12FN3OS. The summed E-state index contributed by atoms with van der Waals surface area (Å²) in [7, 11) is 0. The topological polar surface area (TPSA) is 54.9 Å². The van der Waals surface area contributed by atoms with Crippen LogP contribution in [0, 0.1) is 5.82 Å². The van der Waals surface area contributed by atoms with Gasteiger partial charge in [0.25, 0.3) is 0 Å². The van der Waals surface area contributed by atoms with Gasteiger partial charge in [-0.15, -0.1) is 11.3 Å². The Morgan fingerprint density at radius 1 is 1.17 bits per heavy atom. The van der Waals surface area contributed by atoms with E-state index in [2.05, 4.69) is 15.3 Å². The van der Waals surface area contributed by atoms with Crippen LogP contribution in [-0.2, 0) is 4.79 Å². The zero-order valence-electron chi connectivity index (χ0n) is 11.9. The van der Waals surface area contributed by atoms with Crippen LogP contribution in [-0.4, -0.2) is 15.9 Å². The van der Waals surface area contributed by atoms with E-state index >= 15 is 0 Å². The Kier molecular flexibility index (Phi) is 4.54. The number of hydrogen-bond acceptors (Lipinski definition) is 4. The summed E-state index contributed by atoms with van der Waals surface area (Å²) in [4.78, 5) is 20.4. The van der Waals surface area contributed by atoms with Crippen molar-refractivity contribution in [1.29, 1.82) is 0 Å². The van der Waals surface area contributed by atoms with E-state index in [9.17, 15) is 9.18 Å². The van der Waals surface area contributed by atoms with Gasteiger partial charge in [-0.2, -0.15) is 0 Å². The molecule has 0 aliphatic rings. The second kappa shape index (κ2) is 6.93. The molecule has 0 radical (unpaired) electrons. The molecule has 114 valence electrons. The molecule has 0 fully saturated rings. The number of benzene rings is 1. The Labute approximate surface area is 136 Å². The van der Waals surface area contributed by atoms with Gasteiger partial charge >= 0.3 is 0 Å². The smallest absolute Gasteiger partial charge is 0.250 e. The molecule has 3 aromatic rings. The molecule has 3 rings (SSSR count). The number of pyridine rings is 1. The van der Waals surface area contributed by atoms with Gasteiger partial charge in [0.2, 0.25) is 5.91 Å². The first-order chi connectivity index (χ1) is 11.2. The summed E-state index contributed by atoms with van der Waals surface area (Å²) in [6, 6.07) is 11.6. The van der Waals surface area contributed by atoms with E-state index in [-0.39, 0.29) is 11.7 Å². The lowest BCUT2D eigenvalue weighted by atomic mass is 10.2. The predicted molar refractivity (Wildman–Crippen MR) is 89.4 cm³/mol. The molecule has 0 aliphatic heterocycles. The third-order valence-electron chi connectivity index (χ3n) is 2.94. The van der Waals surface area contributed by atoms with E-state index in [0.29, 0.717) is 16.4 Å². The number of nitrogens with one attached hydrogen (secondary N) is 1. The van der Waals surface area contributed by atoms with E-state index in [0.717, 1.165) is 5.69 Å². The van der Waals surface area contributed by atoms with Gasteiger partial charge in [-0.25, -0.2) is 9.37 Å². The van der Waals surface area contributed by atoms with Gasteiger partial charge in [0.15, 0.2) is 5.13 Å². The first-order valence-corrected chi connectivity index (χ1v) is 7.70. The number of rotatable bonds is 4. The summed E-state index contributed by atoms with van der Waals surface area (Å²) in [5.74, 6) is -0.663. The number of anilines is 1. The van der Waals surface area contributed by atoms with Crippen LogP contribution in [0.4, 0.5) is 9.52 Å². The SMILES string of the molecule is O=C(/C=C/c1cccc(F)c1)Nc1nc(-c2ccccn2)cs1. The Balaban J connectivity index is 1.66. The van der Waals surface area contributed by atoms with Gasteiger partial charge in [0.05, 0.1) is 5.69 Å². The number of carbonyl (C=O) groups is 1. The molecule has 4 nitrogen and oxygen atoms in total. The van der Waals surface area contributed by atoms with Crippen molar-refractivity contribution in [3.63, 3.8) is 0 Å². The number of hydrogen-bond donors (Lipinski definition) is 1. The average molecular weight is 325 g/mol. The summed E-state index contributed by atoms with van der Waals surface area (Å²) in [5, 5.41) is 4.99. The number of halogens is 1. The molecule has 2 heterocycles. The van der Waals surface area contributed by atoms with Crippen LogP contribution in [0.1, 0.15) is 5.56 Å². The zero-order valence-corrected chi connectivity index (χ0v) is 12.8. The van der Waals surface area contributed by atoms with Crippen molar-refractivity contribution in [2.75, 3.05) is 5.32 Å². The standard InChI is InChI=1S/C17H12FN3OS/c18-13-5-3-4-12(10-13)7-8-16(22)21-17-20-15(11-23-17)14-6-1-2-9-19-14/h1-11H,(H,20,21,22)/b8-7+. The minimum absolute atomic E-state index is 0.323. The van der Waals surface area contributed by atoms with Gasteiger partial charge in [-0.3, -0.25) is 15.1 Å². The van der Waals surface area contributed by atoms with Gasteiger partial charge in [-0.1, -0.05) is 18.2 Å². The Morgan fingerprint density at radius 3 is 2.87 bits per heavy atom. The fourth-order valence-corrected chi connectivity index (χ4v) is 2.60. The second-order valence-electron chi connectivity index (χ2n) is 4.63. The summed E-state index contributed by atoms with van der Waals surface area (Å²) in [5.41, 5.74) is 2.08. The van der Waals surface area contributed by atoms with Crippen LogP contribution in [0.2, 0.25) is 0 Å². The summed E-state index contributed by atoms with van der Waals surface area (Å²) in [6.07, 6.45) is 4.58. The lowest BCUT2D eigenvalue weighted by molar-refractivity contribution is -0.111. The maximum absolute atomic E-state index is 13.1. The number of aromatic nitrogens is 2. The highest BCUT2D eigenvalue weighted by atomic mass is 32.1. The molecule has 2 aromatic heterocycles. The van der Waals surface area contributed by atoms with Crippen molar-refractivity contribution < 1.29 is 9.18 Å². The molecule has 23 heavy (non-hydrogen) atoms. The van der Waals surface area contributed by atoms with Crippen molar-refractivity contribution in [3.8, 4) is 11.4 Å². The molecule has 0 saturated carbocycles. The van der Waals surface area contributed by atoms with Crippen molar-refractivity contribution in [2.24, 2.45) is 0 Å². The number of amides is 1. The van der Waals surface area contributed by atoms with Crippen molar-refractivity contribution in [2.45, 2.75) is 0 Å². The Bertz CT molecular complexity index is 846. The summed E-state index contributed by atoms with van der Waals surface area (Å²) < 4.78 is 13.1. The van der Waals surface area contributed by atoms with E-state index in [1.165, 1.54) is 29.5 Å². The number of carbonyl (C=O) groups excluding carboxylic acids is 1. The highest BCUT2D eigenvalue weighted by molar-refractivity contribution is 7.14. The van der Waals surface area contributed by atoms with Crippen LogP contribution >= 0.6 is 11.3 Å². The molecule has 0 unspecified atom stereocenters. The molecule has 1 amide bonds. The highest BCUT2D eigenvalue weighted by Gasteiger charge is 2.06. The highest BCUT2D eigenvalue weighted by Crippen LogP contribution is 2.23. The molecule has 1 N–H and O–H groups in total. The molecule has 0 aliphatic carbocycles. The quantitative estimate of drug-likeness (QED) is 0.738. The largest absolute Gasteiger partial charge is 0.298 e. The Hall–Kier alpha value is -2.86. The lowest BCUT2D eigenvalue weighted by Crippen LogP contribution is -2.07. The zero-order chi connectivity index (χ0) is 16.1. The van der Waals surface area contributed by atoms with Gasteiger partial charge < -0.3 is 0 Å². The second-order valence-corrected chi connectivity index (χ2v) is 5.49. The van der Waals surface area contributed by atoms with E-state index < -0.39 is 0 Å². The van der Waals surface area contributed by atoms with E-state index in [1.54, 1.807) is 24.4 Å². The normalized spacial score (nSPS) is 10.8. The van der Waals surface area contributed by atoms with Crippen LogP contribution in [0.5, 0.6) is 0 Å². The van der Waals surface area contributed by atoms with Crippen molar-refractivity contribution in [1.82, 2.24) is 9.97 Å². The van der Waals surface area contributed by atoms with E-state index in [4.69, 9.17) is 0 Å². The maximum atomic E-state index is 13.1. The monoisotopic (exact) mass is 325 g/mol. The number of nitrogens with zero attached hydrogens (tertiary/aromatic N) is 2. The van der Waals surface area contributed by atoms with Crippen LogP contribution in [0.3, 0.4) is 0 Å². The van der Waals surface area contributed by atoms with Gasteiger partial charge in [-0.05, 0) is 35.9 Å². The maximum Gasteiger partial charge on any atom is 0.250 e. The first kappa shape index (κ1) is 15.1. The Morgan fingerprint density at radius 2 is 2.09 bits per heavy atom. The lowest BCUT2D eigenvalue weighted by Gasteiger charge is -1.97. The summed E-state index contributed by atoms with van der Waals surface area (Å²) >= 11 is 1.32. The first-order valence-electron chi connectivity index (χ1n) is 6.82. The fourth-order valence-electron chi connectivity index (χ4n) is 1.89. The molecule has 6 heteroatoms. The summed E-state index contributed by atoms with van der Waals surface area (Å²) in [6.45, 7) is 0. The average Bonchev–Trinajstić information content (AvgIpc) is 3.02. The van der Waals surface area contributed by atoms with Gasteiger partial charge in [0.1, 0.15) is 11.5 Å². The van der Waals surface area contributed by atoms with Crippen molar-refractivity contribution in [3.05, 3.63) is 71.5 Å².